The van der Waals surface area contributed by atoms with Gasteiger partial charge in [-0.15, -0.1) is 11.3 Å². The van der Waals surface area contributed by atoms with Crippen molar-refractivity contribution < 1.29 is 9.18 Å². The lowest BCUT2D eigenvalue weighted by Crippen LogP contribution is -2.44. The lowest BCUT2D eigenvalue weighted by Gasteiger charge is -2.33. The predicted molar refractivity (Wildman–Crippen MR) is 97.9 cm³/mol. The van der Waals surface area contributed by atoms with E-state index in [1.807, 2.05) is 29.6 Å². The molecule has 0 unspecified atom stereocenters. The summed E-state index contributed by atoms with van der Waals surface area (Å²) in [5.74, 6) is -0.290. The normalized spacial score (nSPS) is 17.0. The highest BCUT2D eigenvalue weighted by atomic mass is 32.1. The van der Waals surface area contributed by atoms with Crippen molar-refractivity contribution in [1.82, 2.24) is 20.0 Å². The Morgan fingerprint density at radius 3 is 3.04 bits per heavy atom. The number of amides is 1. The molecule has 1 N–H and O–H groups in total. The Morgan fingerprint density at radius 2 is 2.23 bits per heavy atom. The molecule has 0 saturated carbocycles. The number of hydrogen-bond donors (Lipinski definition) is 1. The number of thiophene rings is 1. The minimum atomic E-state index is -0.387. The minimum Gasteiger partial charge on any atom is -0.349 e. The van der Waals surface area contributed by atoms with Crippen LogP contribution in [0.2, 0.25) is 0 Å². The quantitative estimate of drug-likeness (QED) is 0.751. The van der Waals surface area contributed by atoms with Gasteiger partial charge in [-0.25, -0.2) is 4.39 Å². The van der Waals surface area contributed by atoms with E-state index in [-0.39, 0.29) is 17.8 Å². The number of hydrogen-bond acceptors (Lipinski definition) is 4. The number of fused-ring (bicyclic) bond motifs is 1. The maximum absolute atomic E-state index is 13.5. The van der Waals surface area contributed by atoms with E-state index in [0.29, 0.717) is 26.2 Å². The fraction of sp³-hybridized carbons (Fsp3) is 0.263. The molecule has 1 amide bonds. The number of carbonyl (C=O) groups is 1. The van der Waals surface area contributed by atoms with Crippen molar-refractivity contribution in [1.29, 1.82) is 0 Å². The summed E-state index contributed by atoms with van der Waals surface area (Å²) < 4.78 is 15.3. The van der Waals surface area contributed by atoms with Crippen molar-refractivity contribution in [3.05, 3.63) is 76.0 Å². The topological polar surface area (TPSA) is 50.2 Å². The van der Waals surface area contributed by atoms with Gasteiger partial charge in [0.2, 0.25) is 5.91 Å². The summed E-state index contributed by atoms with van der Waals surface area (Å²) in [6.45, 7) is 2.35. The molecule has 134 valence electrons. The van der Waals surface area contributed by atoms with E-state index in [1.165, 1.54) is 12.1 Å². The van der Waals surface area contributed by atoms with E-state index in [9.17, 15) is 9.18 Å². The van der Waals surface area contributed by atoms with Gasteiger partial charge < -0.3 is 5.32 Å². The largest absolute Gasteiger partial charge is 0.349 e. The van der Waals surface area contributed by atoms with Gasteiger partial charge in [-0.05, 0) is 35.2 Å². The zero-order valence-corrected chi connectivity index (χ0v) is 15.0. The lowest BCUT2D eigenvalue weighted by atomic mass is 10.1. The number of aromatic nitrogens is 2. The molecule has 5 nitrogen and oxygen atoms in total. The summed E-state index contributed by atoms with van der Waals surface area (Å²) in [6.07, 6.45) is 1.72. The van der Waals surface area contributed by atoms with Crippen LogP contribution >= 0.6 is 11.3 Å². The second-order valence-corrected chi connectivity index (χ2v) is 7.41. The second-order valence-electron chi connectivity index (χ2n) is 6.38. The summed E-state index contributed by atoms with van der Waals surface area (Å²) in [5.41, 5.74) is 1.89. The fourth-order valence-electron chi connectivity index (χ4n) is 3.28. The molecular formula is C19H19FN4OS. The third-order valence-corrected chi connectivity index (χ3v) is 5.36. The lowest BCUT2D eigenvalue weighted by molar-refractivity contribution is -0.126. The Balaban J connectivity index is 1.48. The third-order valence-electron chi connectivity index (χ3n) is 4.48. The fourth-order valence-corrected chi connectivity index (χ4v) is 3.92. The number of benzene rings is 1. The molecule has 3 heterocycles. The second kappa shape index (κ2) is 7.39. The molecule has 2 aromatic heterocycles. The van der Waals surface area contributed by atoms with Gasteiger partial charge in [0.1, 0.15) is 11.9 Å². The van der Waals surface area contributed by atoms with E-state index >= 15 is 0 Å². The Bertz CT molecular complexity index is 893. The van der Waals surface area contributed by atoms with Crippen molar-refractivity contribution in [2.45, 2.75) is 25.7 Å². The van der Waals surface area contributed by atoms with Gasteiger partial charge in [-0.3, -0.25) is 14.4 Å². The molecular weight excluding hydrogens is 351 g/mol. The van der Waals surface area contributed by atoms with Crippen molar-refractivity contribution in [2.24, 2.45) is 0 Å². The predicted octanol–water partition coefficient (Wildman–Crippen LogP) is 2.96. The van der Waals surface area contributed by atoms with Gasteiger partial charge in [-0.1, -0.05) is 18.2 Å². The highest BCUT2D eigenvalue weighted by molar-refractivity contribution is 7.09. The SMILES string of the molecule is O=C(NCc1cccs1)[C@@H]1CN(Cc2cccc(F)c2)Cc2ccnn21. The zero-order valence-electron chi connectivity index (χ0n) is 14.1. The van der Waals surface area contributed by atoms with Crippen molar-refractivity contribution in [3.63, 3.8) is 0 Å². The molecule has 7 heteroatoms. The smallest absolute Gasteiger partial charge is 0.246 e. The molecule has 26 heavy (non-hydrogen) atoms. The first-order valence-corrected chi connectivity index (χ1v) is 9.36. The minimum absolute atomic E-state index is 0.0488. The van der Waals surface area contributed by atoms with Crippen molar-refractivity contribution in [2.75, 3.05) is 6.54 Å². The van der Waals surface area contributed by atoms with Crippen LogP contribution < -0.4 is 5.32 Å². The highest BCUT2D eigenvalue weighted by Gasteiger charge is 2.30. The molecule has 0 aliphatic carbocycles. The van der Waals surface area contributed by atoms with Crippen LogP contribution in [0.15, 0.2) is 54.0 Å². The maximum atomic E-state index is 13.5. The van der Waals surface area contributed by atoms with Gasteiger partial charge >= 0.3 is 0 Å². The van der Waals surface area contributed by atoms with Crippen LogP contribution in [0.5, 0.6) is 0 Å². The van der Waals surface area contributed by atoms with Crippen LogP contribution in [0.1, 0.15) is 22.2 Å². The monoisotopic (exact) mass is 370 g/mol. The number of carbonyl (C=O) groups excluding carboxylic acids is 1. The molecule has 4 rings (SSSR count). The Labute approximate surface area is 155 Å². The Morgan fingerprint density at radius 1 is 1.31 bits per heavy atom. The molecule has 0 fully saturated rings. The van der Waals surface area contributed by atoms with E-state index < -0.39 is 0 Å². The zero-order chi connectivity index (χ0) is 17.9. The average Bonchev–Trinajstić information content (AvgIpc) is 3.30. The molecule has 3 aromatic rings. The molecule has 1 atom stereocenters. The van der Waals surface area contributed by atoms with Crippen LogP contribution in [0.4, 0.5) is 4.39 Å². The van der Waals surface area contributed by atoms with Crippen LogP contribution in [0.3, 0.4) is 0 Å². The van der Waals surface area contributed by atoms with Crippen LogP contribution in [0, 0.1) is 5.82 Å². The van der Waals surface area contributed by atoms with Gasteiger partial charge in [0.05, 0.1) is 12.2 Å². The van der Waals surface area contributed by atoms with E-state index in [0.717, 1.165) is 16.1 Å². The molecule has 0 spiro atoms. The Hall–Kier alpha value is -2.51. The summed E-state index contributed by atoms with van der Waals surface area (Å²) in [7, 11) is 0. The van der Waals surface area contributed by atoms with Crippen LogP contribution in [0.25, 0.3) is 0 Å². The maximum Gasteiger partial charge on any atom is 0.246 e. The molecule has 0 bridgehead atoms. The van der Waals surface area contributed by atoms with E-state index in [2.05, 4.69) is 15.3 Å². The van der Waals surface area contributed by atoms with E-state index in [4.69, 9.17) is 0 Å². The molecule has 1 aromatic carbocycles. The van der Waals surface area contributed by atoms with Crippen molar-refractivity contribution in [3.8, 4) is 0 Å². The average molecular weight is 370 g/mol. The summed E-state index contributed by atoms with van der Waals surface area (Å²) in [6, 6.07) is 12.1. The molecule has 1 aliphatic heterocycles. The standard InChI is InChI=1S/C19H19FN4OS/c20-15-4-1-3-14(9-15)11-23-12-16-6-7-22-24(16)18(13-23)19(25)21-10-17-5-2-8-26-17/h1-9,18H,10-13H2,(H,21,25)/t18-/m0/s1. The summed E-state index contributed by atoms with van der Waals surface area (Å²) >= 11 is 1.62. The first kappa shape index (κ1) is 16.9. The first-order chi connectivity index (χ1) is 12.7. The number of halogens is 1. The molecule has 0 saturated heterocycles. The van der Waals surface area contributed by atoms with Crippen LogP contribution in [-0.4, -0.2) is 27.1 Å². The number of nitrogens with zero attached hydrogens (tertiary/aromatic N) is 3. The van der Waals surface area contributed by atoms with Gasteiger partial charge in [-0.2, -0.15) is 5.10 Å². The first-order valence-electron chi connectivity index (χ1n) is 8.48. The molecule has 1 aliphatic rings. The summed E-state index contributed by atoms with van der Waals surface area (Å²) in [4.78, 5) is 16.0. The highest BCUT2D eigenvalue weighted by Crippen LogP contribution is 2.22. The van der Waals surface area contributed by atoms with Gasteiger partial charge in [0.25, 0.3) is 0 Å². The number of rotatable bonds is 5. The Kier molecular flexibility index (Phi) is 4.81. The van der Waals surface area contributed by atoms with Crippen LogP contribution in [-0.2, 0) is 24.4 Å². The summed E-state index contributed by atoms with van der Waals surface area (Å²) in [5, 5.41) is 9.33. The third kappa shape index (κ3) is 3.68. The van der Waals surface area contributed by atoms with Crippen molar-refractivity contribution >= 4 is 17.2 Å². The van der Waals surface area contributed by atoms with E-state index in [1.54, 1.807) is 28.3 Å². The molecule has 0 radical (unpaired) electrons. The van der Waals surface area contributed by atoms with Gasteiger partial charge in [0.15, 0.2) is 0 Å². The van der Waals surface area contributed by atoms with Gasteiger partial charge in [0, 0.05) is 30.7 Å². The number of nitrogens with one attached hydrogen (secondary N) is 1.